The summed E-state index contributed by atoms with van der Waals surface area (Å²) in [6.07, 6.45) is 0.0164. The van der Waals surface area contributed by atoms with Gasteiger partial charge >= 0.3 is 36.0 Å². The highest BCUT2D eigenvalue weighted by Crippen LogP contribution is 2.62. The average Bonchev–Trinajstić information content (AvgIpc) is 3.63. The van der Waals surface area contributed by atoms with Crippen molar-refractivity contribution in [1.82, 2.24) is 0 Å². The first kappa shape index (κ1) is 36.1. The SMILES string of the molecule is CCC1(OC(=O)C(C)CC2C(=O)OC(=O)C2C2C(C)C3CC(C(CC(=O)OC(C)(C)C)OC(=O)C(F)(F)F)C2C3)C2CC3CC(C2)CC1C3. The van der Waals surface area contributed by atoms with E-state index in [0.717, 1.165) is 32.1 Å². The normalized spacial score (nSPS) is 40.6. The lowest BCUT2D eigenvalue weighted by Gasteiger charge is -2.60. The van der Waals surface area contributed by atoms with E-state index in [9.17, 15) is 37.1 Å². The van der Waals surface area contributed by atoms with E-state index < -0.39 is 89.3 Å². The smallest absolute Gasteiger partial charge is 0.460 e. The van der Waals surface area contributed by atoms with Crippen LogP contribution in [-0.2, 0) is 42.9 Å². The van der Waals surface area contributed by atoms with E-state index in [4.69, 9.17) is 18.9 Å². The molecule has 1 saturated heterocycles. The van der Waals surface area contributed by atoms with Crippen molar-refractivity contribution in [1.29, 1.82) is 0 Å². The summed E-state index contributed by atoms with van der Waals surface area (Å²) in [5, 5.41) is 0. The van der Waals surface area contributed by atoms with Gasteiger partial charge in [-0.1, -0.05) is 20.8 Å². The van der Waals surface area contributed by atoms with Crippen molar-refractivity contribution in [2.24, 2.45) is 71.0 Å². The molecular weight excluding hydrogens is 645 g/mol. The second-order valence-corrected chi connectivity index (χ2v) is 17.3. The number of alkyl halides is 3. The van der Waals surface area contributed by atoms with Crippen LogP contribution in [0.3, 0.4) is 0 Å². The number of esters is 5. The van der Waals surface area contributed by atoms with Gasteiger partial charge in [0.15, 0.2) is 0 Å². The fourth-order valence-corrected chi connectivity index (χ4v) is 11.6. The maximum absolute atomic E-state index is 13.8. The van der Waals surface area contributed by atoms with E-state index in [1.807, 2.05) is 6.92 Å². The Morgan fingerprint density at radius 3 is 2.08 bits per heavy atom. The van der Waals surface area contributed by atoms with Crippen LogP contribution in [0.1, 0.15) is 106 Å². The molecule has 6 aliphatic carbocycles. The van der Waals surface area contributed by atoms with Crippen molar-refractivity contribution in [3.63, 3.8) is 0 Å². The summed E-state index contributed by atoms with van der Waals surface area (Å²) in [6.45, 7) is 10.6. The highest BCUT2D eigenvalue weighted by Gasteiger charge is 2.63. The van der Waals surface area contributed by atoms with E-state index >= 15 is 0 Å². The molecule has 9 atom stereocenters. The molecule has 12 heteroatoms. The summed E-state index contributed by atoms with van der Waals surface area (Å²) in [6, 6.07) is 0. The van der Waals surface area contributed by atoms with Gasteiger partial charge in [0.1, 0.15) is 17.3 Å². The molecule has 6 saturated carbocycles. The van der Waals surface area contributed by atoms with Gasteiger partial charge in [-0.15, -0.1) is 0 Å². The Balaban J connectivity index is 1.19. The van der Waals surface area contributed by atoms with Crippen molar-refractivity contribution in [2.45, 2.75) is 129 Å². The van der Waals surface area contributed by atoms with Gasteiger partial charge in [-0.25, -0.2) is 4.79 Å². The Morgan fingerprint density at radius 1 is 0.939 bits per heavy atom. The first-order valence-corrected chi connectivity index (χ1v) is 18.3. The van der Waals surface area contributed by atoms with Crippen LogP contribution < -0.4 is 0 Å². The molecule has 9 nitrogen and oxygen atoms in total. The number of ether oxygens (including phenoxy) is 4. The number of hydrogen-bond acceptors (Lipinski definition) is 9. The first-order valence-electron chi connectivity index (χ1n) is 18.3. The predicted molar refractivity (Wildman–Crippen MR) is 167 cm³/mol. The summed E-state index contributed by atoms with van der Waals surface area (Å²) in [7, 11) is 0. The monoisotopic (exact) mass is 696 g/mol. The molecule has 9 unspecified atom stereocenters. The summed E-state index contributed by atoms with van der Waals surface area (Å²) in [4.78, 5) is 65.3. The maximum atomic E-state index is 13.8. The first-order chi connectivity index (χ1) is 22.8. The molecule has 7 rings (SSSR count). The molecule has 0 N–H and O–H groups in total. The van der Waals surface area contributed by atoms with Gasteiger partial charge in [0.2, 0.25) is 0 Å². The molecule has 0 aromatic rings. The van der Waals surface area contributed by atoms with Crippen LogP contribution in [0.2, 0.25) is 0 Å². The van der Waals surface area contributed by atoms with Gasteiger partial charge in [-0.3, -0.25) is 19.2 Å². The minimum absolute atomic E-state index is 0.0291. The molecule has 0 amide bonds. The van der Waals surface area contributed by atoms with Crippen LogP contribution >= 0.6 is 0 Å². The Bertz CT molecular complexity index is 1320. The Labute approximate surface area is 286 Å². The number of carbonyl (C=O) groups excluding carboxylic acids is 5. The lowest BCUT2D eigenvalue weighted by Crippen LogP contribution is -2.59. The molecule has 1 aliphatic heterocycles. The quantitative estimate of drug-likeness (QED) is 0.141. The number of halogens is 3. The van der Waals surface area contributed by atoms with Crippen molar-refractivity contribution in [3.8, 4) is 0 Å². The highest BCUT2D eigenvalue weighted by atomic mass is 19.4. The van der Waals surface area contributed by atoms with E-state index in [2.05, 4.69) is 6.92 Å². The van der Waals surface area contributed by atoms with Gasteiger partial charge < -0.3 is 18.9 Å². The van der Waals surface area contributed by atoms with Crippen molar-refractivity contribution >= 4 is 29.8 Å². The molecule has 7 aliphatic rings. The zero-order chi connectivity index (χ0) is 35.8. The zero-order valence-corrected chi connectivity index (χ0v) is 29.4. The third-order valence-electron chi connectivity index (χ3n) is 13.3. The van der Waals surface area contributed by atoms with Gasteiger partial charge in [-0.05, 0) is 132 Å². The number of rotatable bonds is 10. The molecule has 6 bridgehead atoms. The molecule has 7 fully saturated rings. The van der Waals surface area contributed by atoms with Gasteiger partial charge in [0.05, 0.1) is 24.2 Å². The van der Waals surface area contributed by atoms with Crippen LogP contribution in [0.15, 0.2) is 0 Å². The van der Waals surface area contributed by atoms with Crippen LogP contribution in [0, 0.1) is 71.0 Å². The second-order valence-electron chi connectivity index (χ2n) is 17.3. The molecule has 274 valence electrons. The van der Waals surface area contributed by atoms with E-state index in [1.54, 1.807) is 27.7 Å². The van der Waals surface area contributed by atoms with Crippen molar-refractivity contribution < 1.29 is 56.1 Å². The lowest BCUT2D eigenvalue weighted by molar-refractivity contribution is -0.214. The van der Waals surface area contributed by atoms with E-state index in [0.29, 0.717) is 36.5 Å². The molecular formula is C37H51F3O9. The van der Waals surface area contributed by atoms with Crippen LogP contribution in [0.5, 0.6) is 0 Å². The molecule has 0 spiro atoms. The lowest BCUT2D eigenvalue weighted by atomic mass is 9.49. The fraction of sp³-hybridized carbons (Fsp3) is 0.865. The largest absolute Gasteiger partial charge is 0.490 e. The molecule has 0 aromatic carbocycles. The summed E-state index contributed by atoms with van der Waals surface area (Å²) >= 11 is 0. The fourth-order valence-electron chi connectivity index (χ4n) is 11.6. The highest BCUT2D eigenvalue weighted by molar-refractivity contribution is 5.97. The second kappa shape index (κ2) is 12.8. The number of hydrogen-bond donors (Lipinski definition) is 0. The number of cyclic esters (lactones) is 2. The third kappa shape index (κ3) is 6.75. The Hall–Kier alpha value is -2.66. The van der Waals surface area contributed by atoms with Crippen LogP contribution in [0.4, 0.5) is 13.2 Å². The van der Waals surface area contributed by atoms with Crippen LogP contribution in [-0.4, -0.2) is 53.3 Å². The van der Waals surface area contributed by atoms with Gasteiger partial charge in [-0.2, -0.15) is 13.2 Å². The van der Waals surface area contributed by atoms with Crippen molar-refractivity contribution in [2.75, 3.05) is 0 Å². The van der Waals surface area contributed by atoms with Crippen molar-refractivity contribution in [3.05, 3.63) is 0 Å². The summed E-state index contributed by atoms with van der Waals surface area (Å²) < 4.78 is 62.1. The third-order valence-corrected chi connectivity index (χ3v) is 13.3. The molecule has 0 aromatic heterocycles. The topological polar surface area (TPSA) is 122 Å². The summed E-state index contributed by atoms with van der Waals surface area (Å²) in [5.41, 5.74) is -1.42. The minimum atomic E-state index is -5.26. The number of carbonyl (C=O) groups is 5. The minimum Gasteiger partial charge on any atom is -0.460 e. The maximum Gasteiger partial charge on any atom is 0.490 e. The van der Waals surface area contributed by atoms with Crippen LogP contribution in [0.25, 0.3) is 0 Å². The van der Waals surface area contributed by atoms with E-state index in [-0.39, 0.29) is 24.2 Å². The standard InChI is InChI=1S/C37H51F3O9/c1-7-36(22-10-19-9-20(12-22)13-23(36)11-19)49-31(42)17(2)8-26-30(33(44)47-32(26)43)29-18(3)21-14-24(25(29)15-21)27(46-34(45)37(38,39)40)16-28(41)48-35(4,5)6/h17-27,29-30H,7-16H2,1-6H3. The zero-order valence-electron chi connectivity index (χ0n) is 29.4. The Kier molecular flexibility index (Phi) is 9.47. The van der Waals surface area contributed by atoms with Gasteiger partial charge in [0.25, 0.3) is 0 Å². The number of fused-ring (bicyclic) bond motifs is 2. The molecule has 0 radical (unpaired) electrons. The summed E-state index contributed by atoms with van der Waals surface area (Å²) in [5.74, 6) is -7.15. The predicted octanol–water partition coefficient (Wildman–Crippen LogP) is 6.59. The van der Waals surface area contributed by atoms with E-state index in [1.165, 1.54) is 6.42 Å². The van der Waals surface area contributed by atoms with Gasteiger partial charge in [0, 0.05) is 0 Å². The Morgan fingerprint density at radius 2 is 1.55 bits per heavy atom. The molecule has 1 heterocycles. The average molecular weight is 697 g/mol. The molecule has 49 heavy (non-hydrogen) atoms.